The summed E-state index contributed by atoms with van der Waals surface area (Å²) in [5.41, 5.74) is 0. The van der Waals surface area contributed by atoms with E-state index in [4.69, 9.17) is 6.92 Å². The van der Waals surface area contributed by atoms with E-state index in [1.165, 1.54) is 0 Å². The van der Waals surface area contributed by atoms with Crippen molar-refractivity contribution < 1.29 is 0 Å². The highest BCUT2D eigenvalue weighted by Gasteiger charge is 1.80. The Labute approximate surface area is 34.2 Å². The van der Waals surface area contributed by atoms with Gasteiger partial charge in [0.25, 0.3) is 0 Å². The molecule has 0 saturated heterocycles. The zero-order valence-electron chi connectivity index (χ0n) is 3.57. The summed E-state index contributed by atoms with van der Waals surface area (Å²) in [6.07, 6.45) is 0.694. The summed E-state index contributed by atoms with van der Waals surface area (Å²) in [4.78, 5) is 0. The van der Waals surface area contributed by atoms with E-state index < -0.39 is 0 Å². The molecule has 0 aromatic carbocycles. The normalized spacial score (nSPS) is 9.60. The molecule has 0 aromatic rings. The zero-order valence-corrected chi connectivity index (χ0v) is 3.57. The molecule has 1 atom stereocenters. The van der Waals surface area contributed by atoms with Crippen LogP contribution in [-0.2, 0) is 0 Å². The quantitative estimate of drug-likeness (QED) is 0.438. The highest BCUT2D eigenvalue weighted by molar-refractivity contribution is 4.52. The molecule has 0 bridgehead atoms. The predicted octanol–water partition coefficient (Wildman–Crippen LogP) is 1.56. The van der Waals surface area contributed by atoms with Gasteiger partial charge in [0.15, 0.2) is 0 Å². The van der Waals surface area contributed by atoms with E-state index in [2.05, 4.69) is 6.92 Å². The van der Waals surface area contributed by atoms with Gasteiger partial charge in [0.2, 0.25) is 0 Å². The fourth-order valence-corrected chi connectivity index (χ4v) is 0. The van der Waals surface area contributed by atoms with Gasteiger partial charge in [-0.05, 0) is 19.3 Å². The molecule has 0 heterocycles. The summed E-state index contributed by atoms with van der Waals surface area (Å²) in [6, 6.07) is 0. The smallest absolute Gasteiger partial charge is 0.0349 e. The van der Waals surface area contributed by atoms with Gasteiger partial charge in [-0.25, -0.2) is 0 Å². The van der Waals surface area contributed by atoms with E-state index in [9.17, 15) is 0 Å². The Hall–Kier alpha value is 0. The van der Waals surface area contributed by atoms with Crippen molar-refractivity contribution in [2.45, 2.75) is 13.3 Å². The van der Waals surface area contributed by atoms with Crippen LogP contribution >= 0.6 is 0 Å². The van der Waals surface area contributed by atoms with Crippen molar-refractivity contribution in [1.29, 1.82) is 0 Å². The van der Waals surface area contributed by atoms with E-state index in [1.54, 1.807) is 0 Å². The van der Waals surface area contributed by atoms with Crippen LogP contribution in [0.1, 0.15) is 13.3 Å². The van der Waals surface area contributed by atoms with E-state index in [0.717, 1.165) is 0 Å². The second-order valence-electron chi connectivity index (χ2n) is 1.34. The van der Waals surface area contributed by atoms with Crippen molar-refractivity contribution in [2.24, 2.45) is 5.92 Å². The summed E-state index contributed by atoms with van der Waals surface area (Å²) in [7, 11) is 0. The number of rotatable bonds is 1. The fourth-order valence-electron chi connectivity index (χ4n) is 0. The molecule has 0 amide bonds. The number of hydrogen-bond acceptors (Lipinski definition) is 0. The van der Waals surface area contributed by atoms with Gasteiger partial charge in [0.05, 0.1) is 0 Å². The van der Waals surface area contributed by atoms with Crippen LogP contribution in [0.4, 0.5) is 0 Å². The van der Waals surface area contributed by atoms with E-state index in [-0.39, 0.29) is 0 Å². The zero-order chi connectivity index (χ0) is 4.28. The first-order valence-electron chi connectivity index (χ1n) is 1.80. The first-order valence-corrected chi connectivity index (χ1v) is 1.80. The maximum absolute atomic E-state index is 5.11. The second kappa shape index (κ2) is 2.25. The average molecular weight is 69.1 g/mol. The van der Waals surface area contributed by atoms with Crippen LogP contribution in [0.25, 0.3) is 0 Å². The van der Waals surface area contributed by atoms with Gasteiger partial charge in [-0.3, -0.25) is 0 Å². The summed E-state index contributed by atoms with van der Waals surface area (Å²) >= 11 is 0. The van der Waals surface area contributed by atoms with E-state index in [1.807, 2.05) is 6.92 Å². The third-order valence-corrected chi connectivity index (χ3v) is 0.402. The highest BCUT2D eigenvalue weighted by atomic mass is 13.9. The van der Waals surface area contributed by atoms with Crippen LogP contribution in [0.3, 0.4) is 0 Å². The number of hydrogen-bond donors (Lipinski definition) is 0. The van der Waals surface area contributed by atoms with Gasteiger partial charge in [-0.1, -0.05) is 13.8 Å². The fraction of sp³-hybridized carbons (Fsp3) is 0.600. The van der Waals surface area contributed by atoms with Crippen molar-refractivity contribution >= 4 is 0 Å². The molecule has 0 saturated carbocycles. The molecule has 0 aliphatic rings. The van der Waals surface area contributed by atoms with Gasteiger partial charge in [0.1, 0.15) is 0 Å². The van der Waals surface area contributed by atoms with Crippen molar-refractivity contribution in [1.82, 2.24) is 0 Å². The Balaban J connectivity index is 2.54. The van der Waals surface area contributed by atoms with Gasteiger partial charge in [0, 0.05) is 0 Å². The lowest BCUT2D eigenvalue weighted by molar-refractivity contribution is 0.737. The molecule has 0 spiro atoms. The lowest BCUT2D eigenvalue weighted by atomic mass is 10.2. The first-order chi connectivity index (χ1) is 2.27. The Morgan fingerprint density at radius 1 is 2.00 bits per heavy atom. The Bertz CT molecular complexity index is 14.0. The van der Waals surface area contributed by atoms with Gasteiger partial charge in [-0.2, -0.15) is 0 Å². The molecule has 0 heteroatoms. The molecule has 0 fully saturated rings. The molecular weight excluding hydrogens is 60.1 g/mol. The van der Waals surface area contributed by atoms with Gasteiger partial charge >= 0.3 is 0 Å². The molecule has 5 heavy (non-hydrogen) atoms. The topological polar surface area (TPSA) is 0 Å². The minimum Gasteiger partial charge on any atom is -0.0625 e. The predicted molar refractivity (Wildman–Crippen MR) is 23.4 cm³/mol. The maximum Gasteiger partial charge on any atom is -0.0349 e. The second-order valence-corrected chi connectivity index (χ2v) is 1.34. The average Bonchev–Trinajstić information content (AvgIpc) is 1.38. The van der Waals surface area contributed by atoms with Crippen LogP contribution in [0, 0.1) is 19.8 Å². The maximum atomic E-state index is 5.11. The lowest BCUT2D eigenvalue weighted by Crippen LogP contribution is -1.78. The van der Waals surface area contributed by atoms with Crippen molar-refractivity contribution in [3.63, 3.8) is 0 Å². The highest BCUT2D eigenvalue weighted by Crippen LogP contribution is 1.92. The van der Waals surface area contributed by atoms with Crippen molar-refractivity contribution in [3.8, 4) is 0 Å². The van der Waals surface area contributed by atoms with Crippen LogP contribution in [0.15, 0.2) is 0 Å². The lowest BCUT2D eigenvalue weighted by Gasteiger charge is -1.89. The summed E-state index contributed by atoms with van der Waals surface area (Å²) in [5, 5.41) is 0. The molecule has 29 valence electrons. The van der Waals surface area contributed by atoms with Crippen molar-refractivity contribution in [2.75, 3.05) is 0 Å². The Morgan fingerprint density at radius 2 is 2.20 bits per heavy atom. The minimum atomic E-state index is 0.412. The van der Waals surface area contributed by atoms with Crippen LogP contribution in [0.5, 0.6) is 0 Å². The van der Waals surface area contributed by atoms with Crippen LogP contribution in [-0.4, -0.2) is 0 Å². The molecule has 0 aliphatic heterocycles. The Morgan fingerprint density at radius 3 is 2.20 bits per heavy atom. The van der Waals surface area contributed by atoms with Crippen LogP contribution < -0.4 is 0 Å². The summed E-state index contributed by atoms with van der Waals surface area (Å²) < 4.78 is 0. The molecule has 0 aromatic heterocycles. The third kappa shape index (κ3) is 4.00. The standard InChI is InChI=1S/C5H9/c1-4-5(2)3/h1,5H,2,4H2,3H3. The minimum absolute atomic E-state index is 0.412. The molecule has 1 unspecified atom stereocenters. The first kappa shape index (κ1) is 5.00. The molecule has 0 rings (SSSR count). The van der Waals surface area contributed by atoms with E-state index in [0.29, 0.717) is 12.3 Å². The third-order valence-electron chi connectivity index (χ3n) is 0.402. The van der Waals surface area contributed by atoms with Gasteiger partial charge in [-0.15, -0.1) is 0 Å². The molecule has 0 aliphatic carbocycles. The van der Waals surface area contributed by atoms with E-state index >= 15 is 0 Å². The largest absolute Gasteiger partial charge is 0.0625 e. The molecule has 3 radical (unpaired) electrons. The van der Waals surface area contributed by atoms with Crippen molar-refractivity contribution in [3.05, 3.63) is 13.8 Å². The summed E-state index contributed by atoms with van der Waals surface area (Å²) in [5.74, 6) is 0.412. The van der Waals surface area contributed by atoms with Gasteiger partial charge < -0.3 is 0 Å². The Kier molecular flexibility index (Phi) is 2.25. The summed E-state index contributed by atoms with van der Waals surface area (Å²) in [6.45, 7) is 10.7. The monoisotopic (exact) mass is 69.1 g/mol. The molecular formula is C5H9. The van der Waals surface area contributed by atoms with Crippen LogP contribution in [0.2, 0.25) is 0 Å². The SMILES string of the molecule is [CH]CC([CH2])C. The molecule has 0 N–H and O–H groups in total. The molecule has 0 nitrogen and oxygen atoms in total.